The Kier molecular flexibility index (Phi) is 6.70. The number of carbonyl (C=O) groups excluding carboxylic acids is 2. The summed E-state index contributed by atoms with van der Waals surface area (Å²) in [4.78, 5) is 26.5. The van der Waals surface area contributed by atoms with Gasteiger partial charge in [-0.05, 0) is 25.7 Å². The molecule has 1 saturated heterocycles. The van der Waals surface area contributed by atoms with Crippen LogP contribution in [0, 0.1) is 12.3 Å². The summed E-state index contributed by atoms with van der Waals surface area (Å²) in [6.45, 7) is 1.39. The van der Waals surface area contributed by atoms with E-state index in [1.807, 2.05) is 4.90 Å². The first-order valence-electron chi connectivity index (χ1n) is 10.3. The summed E-state index contributed by atoms with van der Waals surface area (Å²) in [5, 5.41) is 14.4. The molecular weight excluding hydrogens is 342 g/mol. The zero-order valence-electron chi connectivity index (χ0n) is 16.1. The highest BCUT2D eigenvalue weighted by Crippen LogP contribution is 2.37. The van der Waals surface area contributed by atoms with Gasteiger partial charge < -0.3 is 15.5 Å². The third kappa shape index (κ3) is 5.95. The zero-order valence-corrected chi connectivity index (χ0v) is 16.1. The monoisotopic (exact) mass is 373 g/mol. The van der Waals surface area contributed by atoms with E-state index >= 15 is 0 Å². The minimum absolute atomic E-state index is 0.0393. The molecule has 0 unspecified atom stereocenters. The van der Waals surface area contributed by atoms with Crippen LogP contribution in [0.15, 0.2) is 10.2 Å². The number of urea groups is 1. The van der Waals surface area contributed by atoms with E-state index in [0.717, 1.165) is 32.1 Å². The average Bonchev–Trinajstić information content (AvgIpc) is 3.46. The van der Waals surface area contributed by atoms with Crippen molar-refractivity contribution in [2.45, 2.75) is 88.4 Å². The molecule has 3 amide bonds. The molecule has 0 aromatic carbocycles. The van der Waals surface area contributed by atoms with Gasteiger partial charge in [-0.1, -0.05) is 19.3 Å². The van der Waals surface area contributed by atoms with Crippen molar-refractivity contribution in [3.63, 3.8) is 0 Å². The van der Waals surface area contributed by atoms with Gasteiger partial charge in [0.15, 0.2) is 5.66 Å². The SMILES string of the molecule is C#CCCC1(CCC(=O)NC2CCN(C(=O)NC3CCCCC3)CC2)N=N1. The number of amides is 3. The maximum atomic E-state index is 12.4. The number of nitrogens with zero attached hydrogens (tertiary/aromatic N) is 3. The molecule has 1 saturated carbocycles. The molecule has 27 heavy (non-hydrogen) atoms. The lowest BCUT2D eigenvalue weighted by Gasteiger charge is -2.34. The van der Waals surface area contributed by atoms with Crippen molar-refractivity contribution in [3.8, 4) is 12.3 Å². The summed E-state index contributed by atoms with van der Waals surface area (Å²) in [5.74, 6) is 2.64. The predicted octanol–water partition coefficient (Wildman–Crippen LogP) is 2.97. The van der Waals surface area contributed by atoms with E-state index in [0.29, 0.717) is 38.4 Å². The fourth-order valence-corrected chi connectivity index (χ4v) is 4.02. The van der Waals surface area contributed by atoms with Gasteiger partial charge in [-0.2, -0.15) is 10.2 Å². The summed E-state index contributed by atoms with van der Waals surface area (Å²) < 4.78 is 0. The Hall–Kier alpha value is -2.10. The number of terminal acetylenes is 1. The first kappa shape index (κ1) is 19.7. The van der Waals surface area contributed by atoms with E-state index in [1.165, 1.54) is 19.3 Å². The van der Waals surface area contributed by atoms with Crippen molar-refractivity contribution >= 4 is 11.9 Å². The summed E-state index contributed by atoms with van der Waals surface area (Å²) in [5.41, 5.74) is -0.399. The molecule has 3 aliphatic rings. The van der Waals surface area contributed by atoms with Crippen molar-refractivity contribution in [2.24, 2.45) is 10.2 Å². The first-order valence-corrected chi connectivity index (χ1v) is 10.3. The number of rotatable bonds is 7. The molecule has 148 valence electrons. The fraction of sp³-hybridized carbons (Fsp3) is 0.800. The Morgan fingerprint density at radius 2 is 1.67 bits per heavy atom. The van der Waals surface area contributed by atoms with E-state index in [-0.39, 0.29) is 18.0 Å². The lowest BCUT2D eigenvalue weighted by Crippen LogP contribution is -2.51. The van der Waals surface area contributed by atoms with Crippen LogP contribution >= 0.6 is 0 Å². The highest BCUT2D eigenvalue weighted by molar-refractivity contribution is 5.77. The van der Waals surface area contributed by atoms with E-state index in [2.05, 4.69) is 26.8 Å². The van der Waals surface area contributed by atoms with E-state index in [9.17, 15) is 9.59 Å². The van der Waals surface area contributed by atoms with E-state index in [4.69, 9.17) is 6.42 Å². The van der Waals surface area contributed by atoms with Crippen LogP contribution in [0.4, 0.5) is 4.79 Å². The second kappa shape index (κ2) is 9.20. The van der Waals surface area contributed by atoms with Crippen molar-refractivity contribution in [3.05, 3.63) is 0 Å². The van der Waals surface area contributed by atoms with Crippen LogP contribution in [0.25, 0.3) is 0 Å². The second-order valence-electron chi connectivity index (χ2n) is 8.00. The number of nitrogens with one attached hydrogen (secondary N) is 2. The highest BCUT2D eigenvalue weighted by Gasteiger charge is 2.39. The summed E-state index contributed by atoms with van der Waals surface area (Å²) >= 11 is 0. The summed E-state index contributed by atoms with van der Waals surface area (Å²) in [7, 11) is 0. The fourth-order valence-electron chi connectivity index (χ4n) is 4.02. The lowest BCUT2D eigenvalue weighted by molar-refractivity contribution is -0.122. The Morgan fingerprint density at radius 1 is 1.00 bits per heavy atom. The quantitative estimate of drug-likeness (QED) is 0.672. The number of hydrogen-bond donors (Lipinski definition) is 2. The largest absolute Gasteiger partial charge is 0.353 e. The average molecular weight is 374 g/mol. The van der Waals surface area contributed by atoms with E-state index in [1.54, 1.807) is 0 Å². The maximum Gasteiger partial charge on any atom is 0.317 e. The molecular formula is C20H31N5O2. The Labute approximate surface area is 161 Å². The van der Waals surface area contributed by atoms with E-state index < -0.39 is 5.66 Å². The van der Waals surface area contributed by atoms with Crippen molar-refractivity contribution in [2.75, 3.05) is 13.1 Å². The molecule has 7 heteroatoms. The van der Waals surface area contributed by atoms with Crippen LogP contribution in [-0.4, -0.2) is 47.7 Å². The molecule has 7 nitrogen and oxygen atoms in total. The number of carbonyl (C=O) groups is 2. The lowest BCUT2D eigenvalue weighted by atomic mass is 9.95. The molecule has 2 fully saturated rings. The molecule has 0 aromatic rings. The van der Waals surface area contributed by atoms with Gasteiger partial charge in [0.25, 0.3) is 0 Å². The molecule has 2 aliphatic heterocycles. The topological polar surface area (TPSA) is 86.2 Å². The Bertz CT molecular complexity index is 592. The van der Waals surface area contributed by atoms with Gasteiger partial charge in [-0.15, -0.1) is 12.3 Å². The van der Waals surface area contributed by atoms with Gasteiger partial charge in [0, 0.05) is 50.9 Å². The highest BCUT2D eigenvalue weighted by atomic mass is 16.2. The third-order valence-electron chi connectivity index (χ3n) is 5.89. The molecule has 2 N–H and O–H groups in total. The smallest absolute Gasteiger partial charge is 0.317 e. The van der Waals surface area contributed by atoms with Crippen LogP contribution in [0.3, 0.4) is 0 Å². The van der Waals surface area contributed by atoms with Crippen LogP contribution in [0.1, 0.15) is 70.6 Å². The predicted molar refractivity (Wildman–Crippen MR) is 103 cm³/mol. The number of likely N-dealkylation sites (tertiary alicyclic amines) is 1. The van der Waals surface area contributed by atoms with Gasteiger partial charge in [-0.25, -0.2) is 4.79 Å². The summed E-state index contributed by atoms with van der Waals surface area (Å²) in [6.07, 6.45) is 15.2. The Balaban J connectivity index is 1.31. The zero-order chi connectivity index (χ0) is 19.1. The molecule has 0 spiro atoms. The third-order valence-corrected chi connectivity index (χ3v) is 5.89. The normalized spacial score (nSPS) is 22.1. The summed E-state index contributed by atoms with van der Waals surface area (Å²) in [6, 6.07) is 0.536. The minimum Gasteiger partial charge on any atom is -0.353 e. The molecule has 3 rings (SSSR count). The van der Waals surface area contributed by atoms with Gasteiger partial charge in [0.05, 0.1) is 0 Å². The standard InChI is InChI=1S/C20H31N5O2/c1-2-3-12-20(23-24-20)13-9-18(26)21-17-10-14-25(15-11-17)19(27)22-16-7-5-4-6-8-16/h1,16-17H,3-15H2,(H,21,26)(H,22,27). The number of hydrogen-bond acceptors (Lipinski definition) is 4. The van der Waals surface area contributed by atoms with Crippen LogP contribution in [0.2, 0.25) is 0 Å². The van der Waals surface area contributed by atoms with Crippen molar-refractivity contribution in [1.82, 2.24) is 15.5 Å². The second-order valence-corrected chi connectivity index (χ2v) is 8.00. The molecule has 1 aliphatic carbocycles. The Morgan fingerprint density at radius 3 is 2.30 bits per heavy atom. The van der Waals surface area contributed by atoms with Crippen molar-refractivity contribution < 1.29 is 9.59 Å². The van der Waals surface area contributed by atoms with Gasteiger partial charge in [0.1, 0.15) is 0 Å². The molecule has 0 bridgehead atoms. The molecule has 0 radical (unpaired) electrons. The maximum absolute atomic E-state index is 12.4. The van der Waals surface area contributed by atoms with Crippen molar-refractivity contribution in [1.29, 1.82) is 0 Å². The molecule has 0 aromatic heterocycles. The first-order chi connectivity index (χ1) is 13.1. The molecule has 2 heterocycles. The van der Waals surface area contributed by atoms with Gasteiger partial charge >= 0.3 is 6.03 Å². The molecule has 0 atom stereocenters. The van der Waals surface area contributed by atoms with Crippen LogP contribution in [0.5, 0.6) is 0 Å². The number of piperidine rings is 1. The van der Waals surface area contributed by atoms with Gasteiger partial charge in [0.2, 0.25) is 5.91 Å². The van der Waals surface area contributed by atoms with Crippen LogP contribution < -0.4 is 10.6 Å². The van der Waals surface area contributed by atoms with Gasteiger partial charge in [-0.3, -0.25) is 4.79 Å². The minimum atomic E-state index is -0.399. The van der Waals surface area contributed by atoms with Crippen LogP contribution in [-0.2, 0) is 4.79 Å².